The zero-order valence-corrected chi connectivity index (χ0v) is 11.0. The summed E-state index contributed by atoms with van der Waals surface area (Å²) >= 11 is 0. The van der Waals surface area contributed by atoms with Crippen molar-refractivity contribution in [3.63, 3.8) is 0 Å². The number of carbonyl (C=O) groups excluding carboxylic acids is 1. The number of amides is 1. The first-order valence-electron chi connectivity index (χ1n) is 6.81. The number of hydrogen-bond donors (Lipinski definition) is 1. The molecule has 0 aliphatic carbocycles. The number of carbonyl (C=O) groups is 1. The molecule has 3 rings (SSSR count). The molecule has 0 bridgehead atoms. The van der Waals surface area contributed by atoms with Crippen LogP contribution in [-0.4, -0.2) is 43.6 Å². The molecule has 2 aliphatic rings. The predicted molar refractivity (Wildman–Crippen MR) is 72.6 cm³/mol. The first kappa shape index (κ1) is 12.6. The monoisotopic (exact) mass is 261 g/mol. The van der Waals surface area contributed by atoms with Gasteiger partial charge in [-0.15, -0.1) is 0 Å². The van der Waals surface area contributed by atoms with E-state index in [1.807, 2.05) is 18.2 Å². The van der Waals surface area contributed by atoms with Gasteiger partial charge < -0.3 is 5.32 Å². The van der Waals surface area contributed by atoms with Crippen LogP contribution in [0.2, 0.25) is 0 Å². The number of nitrogens with zero attached hydrogens (tertiary/aromatic N) is 2. The highest BCUT2D eigenvalue weighted by Gasteiger charge is 2.23. The van der Waals surface area contributed by atoms with Crippen LogP contribution in [0, 0.1) is 0 Å². The SMILES string of the molecule is O=C1CCON1c1cccc(CN2CCNCC2)c1. The van der Waals surface area contributed by atoms with Crippen LogP contribution in [0.25, 0.3) is 0 Å². The molecule has 2 heterocycles. The molecule has 102 valence electrons. The van der Waals surface area contributed by atoms with E-state index in [4.69, 9.17) is 4.84 Å². The Labute approximate surface area is 113 Å². The van der Waals surface area contributed by atoms with Crippen LogP contribution < -0.4 is 10.4 Å². The molecule has 0 aromatic heterocycles. The van der Waals surface area contributed by atoms with Crippen LogP contribution in [-0.2, 0) is 16.2 Å². The fourth-order valence-corrected chi connectivity index (χ4v) is 2.52. The van der Waals surface area contributed by atoms with E-state index in [2.05, 4.69) is 16.3 Å². The van der Waals surface area contributed by atoms with Gasteiger partial charge in [-0.1, -0.05) is 12.1 Å². The van der Waals surface area contributed by atoms with E-state index in [9.17, 15) is 4.79 Å². The molecule has 5 nitrogen and oxygen atoms in total. The molecule has 1 N–H and O–H groups in total. The molecular formula is C14H19N3O2. The molecule has 1 amide bonds. The van der Waals surface area contributed by atoms with Gasteiger partial charge in [0.25, 0.3) is 5.91 Å². The van der Waals surface area contributed by atoms with Crippen molar-refractivity contribution >= 4 is 11.6 Å². The van der Waals surface area contributed by atoms with Crippen LogP contribution in [0.3, 0.4) is 0 Å². The number of rotatable bonds is 3. The number of anilines is 1. The number of piperazine rings is 1. The molecule has 0 radical (unpaired) electrons. The molecule has 0 spiro atoms. The molecule has 2 aliphatic heterocycles. The summed E-state index contributed by atoms with van der Waals surface area (Å²) < 4.78 is 0. The summed E-state index contributed by atoms with van der Waals surface area (Å²) in [6.07, 6.45) is 0.474. The Balaban J connectivity index is 1.70. The first-order valence-corrected chi connectivity index (χ1v) is 6.81. The van der Waals surface area contributed by atoms with Gasteiger partial charge in [0.05, 0.1) is 18.7 Å². The third kappa shape index (κ3) is 2.94. The van der Waals surface area contributed by atoms with Gasteiger partial charge in [0.2, 0.25) is 0 Å². The quantitative estimate of drug-likeness (QED) is 0.872. The Morgan fingerprint density at radius 2 is 2.11 bits per heavy atom. The normalized spacial score (nSPS) is 21.1. The Hall–Kier alpha value is -1.43. The fourth-order valence-electron chi connectivity index (χ4n) is 2.52. The molecule has 2 fully saturated rings. The number of benzene rings is 1. The highest BCUT2D eigenvalue weighted by Crippen LogP contribution is 2.22. The van der Waals surface area contributed by atoms with E-state index in [0.29, 0.717) is 13.0 Å². The summed E-state index contributed by atoms with van der Waals surface area (Å²) in [6, 6.07) is 8.06. The smallest absolute Gasteiger partial charge is 0.253 e. The minimum Gasteiger partial charge on any atom is -0.314 e. The lowest BCUT2D eigenvalue weighted by atomic mass is 10.1. The van der Waals surface area contributed by atoms with E-state index >= 15 is 0 Å². The first-order chi connectivity index (χ1) is 9.33. The zero-order valence-electron chi connectivity index (χ0n) is 11.0. The minimum atomic E-state index is 0.0410. The van der Waals surface area contributed by atoms with Gasteiger partial charge in [-0.05, 0) is 17.7 Å². The van der Waals surface area contributed by atoms with Crippen LogP contribution in [0.15, 0.2) is 24.3 Å². The van der Waals surface area contributed by atoms with E-state index < -0.39 is 0 Å². The third-order valence-corrected chi connectivity index (χ3v) is 3.52. The van der Waals surface area contributed by atoms with Gasteiger partial charge >= 0.3 is 0 Å². The second-order valence-electron chi connectivity index (χ2n) is 4.97. The standard InChI is InChI=1S/C14H19N3O2/c18-14-4-9-19-17(14)13-3-1-2-12(10-13)11-16-7-5-15-6-8-16/h1-3,10,15H,4-9,11H2. The molecule has 5 heteroatoms. The minimum absolute atomic E-state index is 0.0410. The molecule has 2 saturated heterocycles. The summed E-state index contributed by atoms with van der Waals surface area (Å²) in [5, 5.41) is 4.77. The van der Waals surface area contributed by atoms with Crippen molar-refractivity contribution in [3.8, 4) is 0 Å². The van der Waals surface area contributed by atoms with Gasteiger partial charge in [-0.3, -0.25) is 14.5 Å². The van der Waals surface area contributed by atoms with E-state index in [-0.39, 0.29) is 5.91 Å². The maximum Gasteiger partial charge on any atom is 0.253 e. The van der Waals surface area contributed by atoms with Crippen molar-refractivity contribution < 1.29 is 9.63 Å². The highest BCUT2D eigenvalue weighted by atomic mass is 16.7. The number of hydrogen-bond acceptors (Lipinski definition) is 4. The second-order valence-corrected chi connectivity index (χ2v) is 4.97. The van der Waals surface area contributed by atoms with Crippen molar-refractivity contribution in [1.82, 2.24) is 10.2 Å². The predicted octanol–water partition coefficient (Wildman–Crippen LogP) is 0.760. The van der Waals surface area contributed by atoms with Crippen molar-refractivity contribution in [2.24, 2.45) is 0 Å². The lowest BCUT2D eigenvalue weighted by Gasteiger charge is -2.27. The maximum atomic E-state index is 11.7. The highest BCUT2D eigenvalue weighted by molar-refractivity contribution is 5.92. The Morgan fingerprint density at radius 3 is 2.84 bits per heavy atom. The summed E-state index contributed by atoms with van der Waals surface area (Å²) in [5.41, 5.74) is 2.07. The average molecular weight is 261 g/mol. The molecular weight excluding hydrogens is 242 g/mol. The molecule has 19 heavy (non-hydrogen) atoms. The number of nitrogens with one attached hydrogen (secondary N) is 1. The molecule has 1 aromatic carbocycles. The molecule has 1 aromatic rings. The van der Waals surface area contributed by atoms with Gasteiger partial charge in [0, 0.05) is 32.7 Å². The lowest BCUT2D eigenvalue weighted by molar-refractivity contribution is -0.119. The topological polar surface area (TPSA) is 44.8 Å². The van der Waals surface area contributed by atoms with Crippen molar-refractivity contribution in [3.05, 3.63) is 29.8 Å². The van der Waals surface area contributed by atoms with Crippen molar-refractivity contribution in [2.75, 3.05) is 37.8 Å². The molecule has 0 atom stereocenters. The average Bonchev–Trinajstić information content (AvgIpc) is 2.86. The third-order valence-electron chi connectivity index (χ3n) is 3.52. The maximum absolute atomic E-state index is 11.7. The fraction of sp³-hybridized carbons (Fsp3) is 0.500. The van der Waals surface area contributed by atoms with Gasteiger partial charge in [0.15, 0.2) is 0 Å². The second kappa shape index (κ2) is 5.69. The number of hydroxylamine groups is 1. The van der Waals surface area contributed by atoms with Gasteiger partial charge in [-0.2, -0.15) is 5.06 Å². The van der Waals surface area contributed by atoms with Crippen LogP contribution >= 0.6 is 0 Å². The largest absolute Gasteiger partial charge is 0.314 e. The van der Waals surface area contributed by atoms with Crippen molar-refractivity contribution in [1.29, 1.82) is 0 Å². The van der Waals surface area contributed by atoms with Crippen molar-refractivity contribution in [2.45, 2.75) is 13.0 Å². The summed E-state index contributed by atoms with van der Waals surface area (Å²) in [7, 11) is 0. The van der Waals surface area contributed by atoms with E-state index in [1.165, 1.54) is 10.6 Å². The summed E-state index contributed by atoms with van der Waals surface area (Å²) in [6.45, 7) is 5.66. The van der Waals surface area contributed by atoms with Gasteiger partial charge in [-0.25, -0.2) is 0 Å². The molecule has 0 unspecified atom stereocenters. The Morgan fingerprint density at radius 1 is 1.26 bits per heavy atom. The zero-order chi connectivity index (χ0) is 13.1. The van der Waals surface area contributed by atoms with Crippen LogP contribution in [0.4, 0.5) is 5.69 Å². The summed E-state index contributed by atoms with van der Waals surface area (Å²) in [5.74, 6) is 0.0410. The van der Waals surface area contributed by atoms with E-state index in [1.54, 1.807) is 0 Å². The summed E-state index contributed by atoms with van der Waals surface area (Å²) in [4.78, 5) is 19.4. The lowest BCUT2D eigenvalue weighted by Crippen LogP contribution is -2.42. The Kier molecular flexibility index (Phi) is 3.77. The van der Waals surface area contributed by atoms with Crippen LogP contribution in [0.5, 0.6) is 0 Å². The van der Waals surface area contributed by atoms with Crippen LogP contribution in [0.1, 0.15) is 12.0 Å². The van der Waals surface area contributed by atoms with Gasteiger partial charge in [0.1, 0.15) is 0 Å². The van der Waals surface area contributed by atoms with E-state index in [0.717, 1.165) is 38.4 Å². The molecule has 0 saturated carbocycles. The Bertz CT molecular complexity index is 458.